The molecule has 21 heavy (non-hydrogen) atoms. The maximum Gasteiger partial charge on any atom is 0.288 e. The molecule has 1 aliphatic carbocycles. The third kappa shape index (κ3) is 4.17. The number of benzene rings is 1. The lowest BCUT2D eigenvalue weighted by Crippen LogP contribution is -2.25. The minimum atomic E-state index is -0.584. The lowest BCUT2D eigenvalue weighted by Gasteiger charge is -2.10. The van der Waals surface area contributed by atoms with Crippen molar-refractivity contribution in [3.8, 4) is 0 Å². The van der Waals surface area contributed by atoms with Gasteiger partial charge < -0.3 is 5.32 Å². The predicted octanol–water partition coefficient (Wildman–Crippen LogP) is 3.95. The smallest absolute Gasteiger partial charge is 0.288 e. The fraction of sp³-hybridized carbons (Fsp3) is 0.533. The zero-order valence-corrected chi connectivity index (χ0v) is 12.6. The Bertz CT molecular complexity index is 528. The van der Waals surface area contributed by atoms with Gasteiger partial charge in [-0.1, -0.05) is 43.4 Å². The molecule has 1 saturated carbocycles. The van der Waals surface area contributed by atoms with Gasteiger partial charge in [0.2, 0.25) is 0 Å². The first-order valence-electron chi connectivity index (χ1n) is 7.30. The summed E-state index contributed by atoms with van der Waals surface area (Å²) in [6, 6.07) is 4.26. The molecule has 0 atom stereocenters. The van der Waals surface area contributed by atoms with Crippen LogP contribution in [-0.4, -0.2) is 17.4 Å². The maximum absolute atomic E-state index is 12.0. The Labute approximate surface area is 128 Å². The van der Waals surface area contributed by atoms with Gasteiger partial charge in [-0.3, -0.25) is 14.9 Å². The largest absolute Gasteiger partial charge is 0.352 e. The average molecular weight is 311 g/mol. The third-order valence-electron chi connectivity index (χ3n) is 3.97. The first-order valence-corrected chi connectivity index (χ1v) is 7.68. The molecule has 5 nitrogen and oxygen atoms in total. The summed E-state index contributed by atoms with van der Waals surface area (Å²) in [5.41, 5.74) is -0.0815. The van der Waals surface area contributed by atoms with Crippen LogP contribution in [0, 0.1) is 16.0 Å². The average Bonchev–Trinajstić information content (AvgIpc) is 2.96. The van der Waals surface area contributed by atoms with Gasteiger partial charge in [-0.25, -0.2) is 0 Å². The van der Waals surface area contributed by atoms with E-state index in [-0.39, 0.29) is 22.2 Å². The van der Waals surface area contributed by atoms with Crippen LogP contribution in [0.1, 0.15) is 48.9 Å². The molecule has 114 valence electrons. The summed E-state index contributed by atoms with van der Waals surface area (Å²) in [6.45, 7) is 0.578. The minimum Gasteiger partial charge on any atom is -0.352 e. The molecule has 0 heterocycles. The normalized spacial score (nSPS) is 15.1. The van der Waals surface area contributed by atoms with Crippen LogP contribution in [0.4, 0.5) is 5.69 Å². The SMILES string of the molecule is O=C(NCCCC1CCCC1)c1cccc([N+](=O)[O-])c1Cl. The van der Waals surface area contributed by atoms with Crippen LogP contribution >= 0.6 is 11.6 Å². The highest BCUT2D eigenvalue weighted by molar-refractivity contribution is 6.35. The van der Waals surface area contributed by atoms with E-state index in [2.05, 4.69) is 5.32 Å². The number of hydrogen-bond donors (Lipinski definition) is 1. The molecule has 1 aliphatic rings. The molecule has 0 saturated heterocycles. The molecule has 1 N–H and O–H groups in total. The molecule has 1 aromatic rings. The van der Waals surface area contributed by atoms with E-state index in [1.165, 1.54) is 43.9 Å². The summed E-state index contributed by atoms with van der Waals surface area (Å²) >= 11 is 5.91. The van der Waals surface area contributed by atoms with Gasteiger partial charge in [-0.05, 0) is 24.8 Å². The highest BCUT2D eigenvalue weighted by Gasteiger charge is 2.20. The number of amides is 1. The quantitative estimate of drug-likeness (QED) is 0.491. The second kappa shape index (κ2) is 7.41. The summed E-state index contributed by atoms with van der Waals surface area (Å²) in [6.07, 6.45) is 7.29. The Balaban J connectivity index is 1.85. The Hall–Kier alpha value is -1.62. The number of nitrogens with one attached hydrogen (secondary N) is 1. The van der Waals surface area contributed by atoms with Crippen LogP contribution in [0.15, 0.2) is 18.2 Å². The van der Waals surface area contributed by atoms with Gasteiger partial charge >= 0.3 is 0 Å². The molecule has 6 heteroatoms. The first kappa shape index (κ1) is 15.8. The van der Waals surface area contributed by atoms with E-state index >= 15 is 0 Å². The number of rotatable bonds is 6. The molecular weight excluding hydrogens is 292 g/mol. The number of carbonyl (C=O) groups excluding carboxylic acids is 1. The van der Waals surface area contributed by atoms with Crippen LogP contribution in [-0.2, 0) is 0 Å². The van der Waals surface area contributed by atoms with Crippen molar-refractivity contribution in [2.45, 2.75) is 38.5 Å². The van der Waals surface area contributed by atoms with Crippen molar-refractivity contribution < 1.29 is 9.72 Å². The van der Waals surface area contributed by atoms with E-state index in [9.17, 15) is 14.9 Å². The Kier molecular flexibility index (Phi) is 5.56. The highest BCUT2D eigenvalue weighted by atomic mass is 35.5. The Morgan fingerprint density at radius 2 is 2.10 bits per heavy atom. The number of carbonyl (C=O) groups is 1. The van der Waals surface area contributed by atoms with Crippen molar-refractivity contribution >= 4 is 23.2 Å². The van der Waals surface area contributed by atoms with Crippen molar-refractivity contribution in [2.24, 2.45) is 5.92 Å². The Morgan fingerprint density at radius 1 is 1.38 bits per heavy atom. The summed E-state index contributed by atoms with van der Waals surface area (Å²) in [5, 5.41) is 13.5. The molecule has 0 aromatic heterocycles. The second-order valence-corrected chi connectivity index (χ2v) is 5.82. The molecule has 0 aliphatic heterocycles. The molecule has 1 fully saturated rings. The van der Waals surface area contributed by atoms with Gasteiger partial charge in [-0.2, -0.15) is 0 Å². The molecule has 1 amide bonds. The predicted molar refractivity (Wildman–Crippen MR) is 81.6 cm³/mol. The van der Waals surface area contributed by atoms with E-state index in [4.69, 9.17) is 11.6 Å². The van der Waals surface area contributed by atoms with Crippen molar-refractivity contribution in [1.29, 1.82) is 0 Å². The minimum absolute atomic E-state index is 0.101. The van der Waals surface area contributed by atoms with E-state index in [0.29, 0.717) is 6.54 Å². The van der Waals surface area contributed by atoms with Crippen LogP contribution in [0.25, 0.3) is 0 Å². The molecule has 0 bridgehead atoms. The van der Waals surface area contributed by atoms with Crippen molar-refractivity contribution in [1.82, 2.24) is 5.32 Å². The monoisotopic (exact) mass is 310 g/mol. The Morgan fingerprint density at radius 3 is 2.76 bits per heavy atom. The van der Waals surface area contributed by atoms with Gasteiger partial charge in [0.05, 0.1) is 10.5 Å². The molecular formula is C15H19ClN2O3. The van der Waals surface area contributed by atoms with Gasteiger partial charge in [0.1, 0.15) is 5.02 Å². The van der Waals surface area contributed by atoms with E-state index in [0.717, 1.165) is 18.8 Å². The number of nitro benzene ring substituents is 1. The first-order chi connectivity index (χ1) is 10.1. The molecule has 1 aromatic carbocycles. The summed E-state index contributed by atoms with van der Waals surface area (Å²) in [5.74, 6) is 0.443. The highest BCUT2D eigenvalue weighted by Crippen LogP contribution is 2.29. The molecule has 0 spiro atoms. The molecule has 0 radical (unpaired) electrons. The van der Waals surface area contributed by atoms with Gasteiger partial charge in [0.25, 0.3) is 11.6 Å². The van der Waals surface area contributed by atoms with Crippen molar-refractivity contribution in [3.63, 3.8) is 0 Å². The maximum atomic E-state index is 12.0. The van der Waals surface area contributed by atoms with Crippen molar-refractivity contribution in [2.75, 3.05) is 6.54 Å². The third-order valence-corrected chi connectivity index (χ3v) is 4.37. The van der Waals surface area contributed by atoms with Crippen LogP contribution in [0.2, 0.25) is 5.02 Å². The fourth-order valence-corrected chi connectivity index (χ4v) is 3.10. The van der Waals surface area contributed by atoms with Gasteiger partial charge in [-0.15, -0.1) is 0 Å². The number of nitro groups is 1. The molecule has 0 unspecified atom stereocenters. The van der Waals surface area contributed by atoms with Gasteiger partial charge in [0, 0.05) is 12.6 Å². The second-order valence-electron chi connectivity index (χ2n) is 5.44. The number of hydrogen-bond acceptors (Lipinski definition) is 3. The zero-order valence-electron chi connectivity index (χ0n) is 11.8. The van der Waals surface area contributed by atoms with E-state index in [1.807, 2.05) is 0 Å². The molecule has 2 rings (SSSR count). The van der Waals surface area contributed by atoms with E-state index < -0.39 is 4.92 Å². The number of halogens is 1. The topological polar surface area (TPSA) is 72.2 Å². The van der Waals surface area contributed by atoms with Crippen LogP contribution in [0.5, 0.6) is 0 Å². The summed E-state index contributed by atoms with van der Waals surface area (Å²) < 4.78 is 0. The standard InChI is InChI=1S/C15H19ClN2O3/c16-14-12(8-3-9-13(14)18(20)21)15(19)17-10-4-7-11-5-1-2-6-11/h3,8-9,11H,1-2,4-7,10H2,(H,17,19). The fourth-order valence-electron chi connectivity index (χ4n) is 2.82. The van der Waals surface area contributed by atoms with Crippen LogP contribution < -0.4 is 5.32 Å². The van der Waals surface area contributed by atoms with Gasteiger partial charge in [0.15, 0.2) is 0 Å². The number of nitrogens with zero attached hydrogens (tertiary/aromatic N) is 1. The summed E-state index contributed by atoms with van der Waals surface area (Å²) in [7, 11) is 0. The lowest BCUT2D eigenvalue weighted by atomic mass is 10.0. The van der Waals surface area contributed by atoms with Crippen molar-refractivity contribution in [3.05, 3.63) is 38.9 Å². The summed E-state index contributed by atoms with van der Waals surface area (Å²) in [4.78, 5) is 22.2. The van der Waals surface area contributed by atoms with Crippen LogP contribution in [0.3, 0.4) is 0 Å². The van der Waals surface area contributed by atoms with E-state index in [1.54, 1.807) is 0 Å². The zero-order chi connectivity index (χ0) is 15.2. The lowest BCUT2D eigenvalue weighted by molar-refractivity contribution is -0.384.